The van der Waals surface area contributed by atoms with Crippen molar-refractivity contribution in [3.8, 4) is 5.69 Å². The summed E-state index contributed by atoms with van der Waals surface area (Å²) in [5.41, 5.74) is 5.10. The maximum Gasteiger partial charge on any atom is 0.412 e. The number of oxime groups is 1. The molecule has 172 valence electrons. The quantitative estimate of drug-likeness (QED) is 0.490. The molecule has 2 aromatic heterocycles. The number of fused-ring (bicyclic) bond motifs is 1. The highest BCUT2D eigenvalue weighted by molar-refractivity contribution is 6.11. The number of aromatic nitrogens is 3. The Bertz CT molecular complexity index is 1380. The number of nitrogens with one attached hydrogen (secondary N) is 1. The Balaban J connectivity index is 1.54. The van der Waals surface area contributed by atoms with Crippen LogP contribution in [0.3, 0.4) is 0 Å². The number of pyridine rings is 1. The normalized spacial score (nSPS) is 13.4. The van der Waals surface area contributed by atoms with Crippen molar-refractivity contribution < 1.29 is 18.8 Å². The molecule has 34 heavy (non-hydrogen) atoms. The van der Waals surface area contributed by atoms with Crippen molar-refractivity contribution >= 4 is 34.5 Å². The lowest BCUT2D eigenvalue weighted by Crippen LogP contribution is -2.38. The van der Waals surface area contributed by atoms with E-state index in [-0.39, 0.29) is 5.82 Å². The summed E-state index contributed by atoms with van der Waals surface area (Å²) in [7, 11) is 1.29. The number of imidazole rings is 1. The lowest BCUT2D eigenvalue weighted by molar-refractivity contribution is 0.142. The molecule has 0 bridgehead atoms. The SMILES string of the molecule is COC(=O)Nc1ccc(-n2cnc3c(C)cc(C4=NOCCN4c4ccc(F)cc4)cc32)cn1. The molecule has 0 aliphatic carbocycles. The summed E-state index contributed by atoms with van der Waals surface area (Å²) >= 11 is 0. The molecule has 0 saturated heterocycles. The third-order valence-corrected chi connectivity index (χ3v) is 5.49. The third kappa shape index (κ3) is 4.01. The second-order valence-corrected chi connectivity index (χ2v) is 7.67. The molecule has 5 rings (SSSR count). The Morgan fingerprint density at radius 1 is 1.12 bits per heavy atom. The lowest BCUT2D eigenvalue weighted by atomic mass is 10.1. The zero-order chi connectivity index (χ0) is 23.7. The molecular formula is C24H21FN6O3. The van der Waals surface area contributed by atoms with Gasteiger partial charge in [0.1, 0.15) is 24.6 Å². The van der Waals surface area contributed by atoms with E-state index in [1.165, 1.54) is 19.2 Å². The molecule has 1 N–H and O–H groups in total. The highest BCUT2D eigenvalue weighted by atomic mass is 19.1. The lowest BCUT2D eigenvalue weighted by Gasteiger charge is -2.29. The maximum absolute atomic E-state index is 13.5. The number of hydrogen-bond acceptors (Lipinski definition) is 7. The summed E-state index contributed by atoms with van der Waals surface area (Å²) in [6.07, 6.45) is 2.78. The van der Waals surface area contributed by atoms with Gasteiger partial charge in [-0.05, 0) is 61.0 Å². The standard InChI is InChI=1S/C24H21FN6O3/c1-15-11-16(23-29-34-10-9-30(23)18-5-3-17(25)4-6-18)12-20-22(15)27-14-31(20)19-7-8-21(26-13-19)28-24(32)33-2/h3-8,11-14H,9-10H2,1-2H3,(H,26,28,32). The summed E-state index contributed by atoms with van der Waals surface area (Å²) in [4.78, 5) is 27.7. The van der Waals surface area contributed by atoms with Crippen LogP contribution in [-0.4, -0.2) is 46.7 Å². The van der Waals surface area contributed by atoms with Gasteiger partial charge in [-0.1, -0.05) is 5.16 Å². The van der Waals surface area contributed by atoms with Crippen molar-refractivity contribution in [3.63, 3.8) is 0 Å². The zero-order valence-corrected chi connectivity index (χ0v) is 18.5. The molecule has 0 fully saturated rings. The van der Waals surface area contributed by atoms with Crippen LogP contribution in [0.2, 0.25) is 0 Å². The molecule has 0 atom stereocenters. The average molecular weight is 460 g/mol. The van der Waals surface area contributed by atoms with Crippen LogP contribution in [0, 0.1) is 12.7 Å². The molecule has 1 amide bonds. The van der Waals surface area contributed by atoms with E-state index in [0.29, 0.717) is 24.8 Å². The number of hydrogen-bond donors (Lipinski definition) is 1. The summed E-state index contributed by atoms with van der Waals surface area (Å²) in [5, 5.41) is 6.85. The molecule has 9 nitrogen and oxygen atoms in total. The first kappa shape index (κ1) is 21.4. The second-order valence-electron chi connectivity index (χ2n) is 7.67. The molecule has 0 saturated carbocycles. The first-order valence-corrected chi connectivity index (χ1v) is 10.6. The molecular weight excluding hydrogens is 439 g/mol. The first-order chi connectivity index (χ1) is 16.5. The van der Waals surface area contributed by atoms with Gasteiger partial charge in [-0.25, -0.2) is 19.2 Å². The molecule has 1 aliphatic rings. The van der Waals surface area contributed by atoms with Gasteiger partial charge in [-0.3, -0.25) is 9.88 Å². The van der Waals surface area contributed by atoms with E-state index in [0.717, 1.165) is 33.5 Å². The van der Waals surface area contributed by atoms with Gasteiger partial charge in [-0.2, -0.15) is 0 Å². The van der Waals surface area contributed by atoms with Crippen molar-refractivity contribution in [1.29, 1.82) is 0 Å². The van der Waals surface area contributed by atoms with E-state index in [4.69, 9.17) is 4.84 Å². The van der Waals surface area contributed by atoms with Crippen molar-refractivity contribution in [1.82, 2.24) is 14.5 Å². The average Bonchev–Trinajstić information content (AvgIpc) is 3.29. The van der Waals surface area contributed by atoms with Crippen molar-refractivity contribution in [2.75, 3.05) is 30.5 Å². The van der Waals surface area contributed by atoms with Crippen LogP contribution in [0.15, 0.2) is 66.2 Å². The molecule has 1 aliphatic heterocycles. The van der Waals surface area contributed by atoms with Gasteiger partial charge in [-0.15, -0.1) is 0 Å². The Morgan fingerprint density at radius 2 is 1.91 bits per heavy atom. The number of amidine groups is 1. The number of amides is 1. The smallest absolute Gasteiger partial charge is 0.412 e. The fraction of sp³-hybridized carbons (Fsp3) is 0.167. The number of aryl methyl sites for hydroxylation is 1. The third-order valence-electron chi connectivity index (χ3n) is 5.49. The zero-order valence-electron chi connectivity index (χ0n) is 18.5. The van der Waals surface area contributed by atoms with Crippen LogP contribution in [0.4, 0.5) is 20.7 Å². The van der Waals surface area contributed by atoms with Crippen LogP contribution in [-0.2, 0) is 9.57 Å². The van der Waals surface area contributed by atoms with E-state index in [1.807, 2.05) is 34.6 Å². The minimum atomic E-state index is -0.588. The molecule has 0 spiro atoms. The molecule has 0 radical (unpaired) electrons. The van der Waals surface area contributed by atoms with Gasteiger partial charge in [0.25, 0.3) is 0 Å². The molecule has 0 unspecified atom stereocenters. The monoisotopic (exact) mass is 460 g/mol. The fourth-order valence-electron chi connectivity index (χ4n) is 3.86. The number of carbonyl (C=O) groups is 1. The van der Waals surface area contributed by atoms with Gasteiger partial charge in [0.2, 0.25) is 0 Å². The van der Waals surface area contributed by atoms with Crippen molar-refractivity contribution in [3.05, 3.63) is 78.0 Å². The molecule has 4 aromatic rings. The van der Waals surface area contributed by atoms with Crippen LogP contribution < -0.4 is 10.2 Å². The van der Waals surface area contributed by atoms with E-state index in [2.05, 4.69) is 25.2 Å². The van der Waals surface area contributed by atoms with Crippen LogP contribution >= 0.6 is 0 Å². The Hall–Kier alpha value is -4.47. The van der Waals surface area contributed by atoms with Gasteiger partial charge < -0.3 is 14.5 Å². The minimum Gasteiger partial charge on any atom is -0.453 e. The fourth-order valence-corrected chi connectivity index (χ4v) is 3.86. The topological polar surface area (TPSA) is 93.9 Å². The van der Waals surface area contributed by atoms with Crippen LogP contribution in [0.1, 0.15) is 11.1 Å². The second kappa shape index (κ2) is 8.81. The number of nitrogens with zero attached hydrogens (tertiary/aromatic N) is 5. The largest absolute Gasteiger partial charge is 0.453 e. The molecule has 3 heterocycles. The van der Waals surface area contributed by atoms with E-state index in [9.17, 15) is 9.18 Å². The number of carbonyl (C=O) groups excluding carboxylic acids is 1. The van der Waals surface area contributed by atoms with E-state index < -0.39 is 6.09 Å². The van der Waals surface area contributed by atoms with Gasteiger partial charge in [0.15, 0.2) is 5.84 Å². The molecule has 2 aromatic carbocycles. The number of benzene rings is 2. The minimum absolute atomic E-state index is 0.293. The predicted octanol–water partition coefficient (Wildman–Crippen LogP) is 4.24. The Morgan fingerprint density at radius 3 is 2.65 bits per heavy atom. The Kier molecular flexibility index (Phi) is 5.54. The number of ether oxygens (including phenoxy) is 1. The number of methoxy groups -OCH3 is 1. The first-order valence-electron chi connectivity index (χ1n) is 10.6. The Labute approximate surface area is 194 Å². The maximum atomic E-state index is 13.5. The van der Waals surface area contributed by atoms with Gasteiger partial charge >= 0.3 is 6.09 Å². The summed E-state index contributed by atoms with van der Waals surface area (Å²) in [6.45, 7) is 2.99. The van der Waals surface area contributed by atoms with E-state index in [1.54, 1.807) is 30.7 Å². The predicted molar refractivity (Wildman–Crippen MR) is 126 cm³/mol. The van der Waals surface area contributed by atoms with Crippen molar-refractivity contribution in [2.45, 2.75) is 6.92 Å². The summed E-state index contributed by atoms with van der Waals surface area (Å²) in [5.74, 6) is 0.713. The van der Waals surface area contributed by atoms with Crippen LogP contribution in [0.25, 0.3) is 16.7 Å². The van der Waals surface area contributed by atoms with Gasteiger partial charge in [0, 0.05) is 11.3 Å². The number of rotatable bonds is 4. The highest BCUT2D eigenvalue weighted by Crippen LogP contribution is 2.27. The van der Waals surface area contributed by atoms with E-state index >= 15 is 0 Å². The number of halogens is 1. The van der Waals surface area contributed by atoms with Crippen molar-refractivity contribution in [2.24, 2.45) is 5.16 Å². The summed E-state index contributed by atoms with van der Waals surface area (Å²) in [6, 6.07) is 13.8. The number of anilines is 2. The van der Waals surface area contributed by atoms with Gasteiger partial charge in [0.05, 0.1) is 36.6 Å². The summed E-state index contributed by atoms with van der Waals surface area (Å²) < 4.78 is 20.0. The highest BCUT2D eigenvalue weighted by Gasteiger charge is 2.22. The molecule has 10 heteroatoms. The van der Waals surface area contributed by atoms with Crippen LogP contribution in [0.5, 0.6) is 0 Å².